The van der Waals surface area contributed by atoms with Crippen LogP contribution in [0.1, 0.15) is 0 Å². The fourth-order valence-electron chi connectivity index (χ4n) is 6.57. The van der Waals surface area contributed by atoms with E-state index in [2.05, 4.69) is 166 Å². The molecule has 0 saturated heterocycles. The zero-order valence-corrected chi connectivity index (χ0v) is 25.2. The van der Waals surface area contributed by atoms with Gasteiger partial charge in [0.2, 0.25) is 0 Å². The van der Waals surface area contributed by atoms with Gasteiger partial charge < -0.3 is 9.47 Å². The van der Waals surface area contributed by atoms with Crippen molar-refractivity contribution in [2.45, 2.75) is 9.79 Å². The van der Waals surface area contributed by atoms with E-state index in [1.807, 2.05) is 24.2 Å². The van der Waals surface area contributed by atoms with Crippen molar-refractivity contribution >= 4 is 50.6 Å². The molecule has 0 aliphatic carbocycles. The van der Waals surface area contributed by atoms with Crippen LogP contribution in [-0.4, -0.2) is 9.55 Å². The van der Waals surface area contributed by atoms with E-state index in [1.54, 1.807) is 0 Å². The molecule has 0 bridgehead atoms. The van der Waals surface area contributed by atoms with Crippen LogP contribution in [0.25, 0.3) is 49.7 Å². The third kappa shape index (κ3) is 4.34. The maximum atomic E-state index is 4.17. The Morgan fingerprint density at radius 3 is 1.93 bits per heavy atom. The van der Waals surface area contributed by atoms with Gasteiger partial charge in [-0.2, -0.15) is 0 Å². The number of nitrogens with zero attached hydrogens (tertiary/aromatic N) is 3. The highest BCUT2D eigenvalue weighted by Gasteiger charge is 2.25. The third-order valence-corrected chi connectivity index (χ3v) is 9.80. The number of pyridine rings is 1. The van der Waals surface area contributed by atoms with Gasteiger partial charge in [0.15, 0.2) is 0 Å². The Balaban J connectivity index is 1.15. The van der Waals surface area contributed by atoms with Crippen LogP contribution in [0, 0.1) is 0 Å². The monoisotopic (exact) mass is 593 g/mol. The van der Waals surface area contributed by atoms with Crippen molar-refractivity contribution in [2.24, 2.45) is 0 Å². The molecule has 9 rings (SSSR count). The van der Waals surface area contributed by atoms with Crippen molar-refractivity contribution in [1.29, 1.82) is 0 Å². The lowest BCUT2D eigenvalue weighted by Crippen LogP contribution is -2.14. The zero-order valence-electron chi connectivity index (χ0n) is 24.3. The molecule has 2 aromatic heterocycles. The second-order valence-corrected chi connectivity index (χ2v) is 12.4. The molecule has 8 aromatic rings. The van der Waals surface area contributed by atoms with Gasteiger partial charge in [0.25, 0.3) is 0 Å². The first-order valence-corrected chi connectivity index (χ1v) is 15.9. The number of fused-ring (bicyclic) bond motifs is 5. The summed E-state index contributed by atoms with van der Waals surface area (Å²) in [5.41, 5.74) is 11.9. The molecule has 45 heavy (non-hydrogen) atoms. The summed E-state index contributed by atoms with van der Waals surface area (Å²) in [6.45, 7) is 0. The van der Waals surface area contributed by atoms with Crippen molar-refractivity contribution in [2.75, 3.05) is 4.90 Å². The van der Waals surface area contributed by atoms with Crippen LogP contribution < -0.4 is 4.90 Å². The normalized spacial score (nSPS) is 12.3. The number of para-hydroxylation sites is 3. The van der Waals surface area contributed by atoms with Crippen molar-refractivity contribution in [3.63, 3.8) is 0 Å². The molecule has 1 aliphatic heterocycles. The Kier molecular flexibility index (Phi) is 6.06. The van der Waals surface area contributed by atoms with E-state index in [0.717, 1.165) is 5.69 Å². The predicted octanol–water partition coefficient (Wildman–Crippen LogP) is 11.4. The van der Waals surface area contributed by atoms with E-state index in [-0.39, 0.29) is 0 Å². The first kappa shape index (κ1) is 25.9. The highest BCUT2D eigenvalue weighted by Crippen LogP contribution is 2.52. The summed E-state index contributed by atoms with van der Waals surface area (Å²) < 4.78 is 2.37. The molecule has 0 unspecified atom stereocenters. The predicted molar refractivity (Wildman–Crippen MR) is 188 cm³/mol. The van der Waals surface area contributed by atoms with Gasteiger partial charge in [0, 0.05) is 44.3 Å². The third-order valence-electron chi connectivity index (χ3n) is 8.69. The van der Waals surface area contributed by atoms with Crippen molar-refractivity contribution in [1.82, 2.24) is 9.55 Å². The molecule has 1 aliphatic rings. The van der Waals surface area contributed by atoms with Crippen LogP contribution >= 0.6 is 11.8 Å². The largest absolute Gasteiger partial charge is 0.309 e. The number of anilines is 3. The summed E-state index contributed by atoms with van der Waals surface area (Å²) in [6, 6.07) is 54.8. The first-order valence-electron chi connectivity index (χ1n) is 15.1. The number of aromatic nitrogens is 2. The molecule has 0 fully saturated rings. The van der Waals surface area contributed by atoms with Gasteiger partial charge in [-0.25, -0.2) is 0 Å². The Morgan fingerprint density at radius 2 is 1.07 bits per heavy atom. The smallest absolute Gasteiger partial charge is 0.0602 e. The average molecular weight is 594 g/mol. The molecular formula is C41H27N3S. The van der Waals surface area contributed by atoms with E-state index in [0.29, 0.717) is 0 Å². The molecule has 3 heterocycles. The second kappa shape index (κ2) is 10.5. The molecule has 4 heteroatoms. The molecule has 0 spiro atoms. The molecule has 0 atom stereocenters. The summed E-state index contributed by atoms with van der Waals surface area (Å²) in [5, 5.41) is 2.53. The number of hydrogen-bond donors (Lipinski definition) is 0. The van der Waals surface area contributed by atoms with Crippen molar-refractivity contribution in [3.05, 3.63) is 164 Å². The van der Waals surface area contributed by atoms with Gasteiger partial charge in [-0.3, -0.25) is 4.98 Å². The highest BCUT2D eigenvalue weighted by molar-refractivity contribution is 7.99. The fourth-order valence-corrected chi connectivity index (χ4v) is 7.67. The average Bonchev–Trinajstić information content (AvgIpc) is 3.45. The van der Waals surface area contributed by atoms with E-state index >= 15 is 0 Å². The van der Waals surface area contributed by atoms with Crippen molar-refractivity contribution in [3.8, 4) is 27.9 Å². The summed E-state index contributed by atoms with van der Waals surface area (Å²) in [6.07, 6.45) is 3.68. The van der Waals surface area contributed by atoms with Crippen LogP contribution in [0.2, 0.25) is 0 Å². The maximum absolute atomic E-state index is 4.17. The van der Waals surface area contributed by atoms with Crippen LogP contribution in [0.4, 0.5) is 17.1 Å². The van der Waals surface area contributed by atoms with Gasteiger partial charge in [0.1, 0.15) is 0 Å². The molecular weight excluding hydrogens is 567 g/mol. The molecule has 0 amide bonds. The Labute approximate surface area is 266 Å². The first-order chi connectivity index (χ1) is 22.3. The Morgan fingerprint density at radius 1 is 0.422 bits per heavy atom. The summed E-state index contributed by atoms with van der Waals surface area (Å²) in [4.78, 5) is 9.06. The van der Waals surface area contributed by atoms with Crippen molar-refractivity contribution < 1.29 is 0 Å². The molecule has 0 saturated carbocycles. The van der Waals surface area contributed by atoms with Gasteiger partial charge in [0.05, 0.1) is 22.4 Å². The van der Waals surface area contributed by atoms with Crippen LogP contribution in [0.5, 0.6) is 0 Å². The van der Waals surface area contributed by atoms with Gasteiger partial charge in [-0.05, 0) is 101 Å². The van der Waals surface area contributed by atoms with Crippen LogP contribution in [0.15, 0.2) is 174 Å². The lowest BCUT2D eigenvalue weighted by atomic mass is 10.0. The molecule has 6 aromatic carbocycles. The molecule has 0 N–H and O–H groups in total. The van der Waals surface area contributed by atoms with Crippen LogP contribution in [0.3, 0.4) is 0 Å². The Hall–Kier alpha value is -5.58. The quantitative estimate of drug-likeness (QED) is 0.203. The minimum Gasteiger partial charge on any atom is -0.309 e. The van der Waals surface area contributed by atoms with Gasteiger partial charge in [-0.1, -0.05) is 84.6 Å². The molecule has 212 valence electrons. The standard InChI is InChI=1S/C41H27N3S/c1-2-8-32(9-3-1)43-36-11-5-4-10-34(36)35-26-30(16-20-37(35)43)31-17-21-39-41(27-31)45-40-13-7-6-12-38(40)44(39)33-18-14-28(15-19-33)29-22-24-42-25-23-29/h1-27H. The van der Waals surface area contributed by atoms with Gasteiger partial charge >= 0.3 is 0 Å². The SMILES string of the molecule is c1ccc(-n2c3ccccc3c3cc(-c4ccc5c(c4)Sc4ccccc4N5c4ccc(-c5ccncc5)cc4)ccc32)cc1. The maximum Gasteiger partial charge on any atom is 0.0602 e. The topological polar surface area (TPSA) is 21.1 Å². The lowest BCUT2D eigenvalue weighted by Gasteiger charge is -2.33. The fraction of sp³-hybridized carbons (Fsp3) is 0. The summed E-state index contributed by atoms with van der Waals surface area (Å²) in [5.74, 6) is 0. The van der Waals surface area contributed by atoms with Crippen LogP contribution in [-0.2, 0) is 0 Å². The van der Waals surface area contributed by atoms with E-state index < -0.39 is 0 Å². The van der Waals surface area contributed by atoms with E-state index in [9.17, 15) is 0 Å². The number of benzene rings is 6. The molecule has 0 radical (unpaired) electrons. The minimum absolute atomic E-state index is 1.14. The van der Waals surface area contributed by atoms with E-state index in [1.165, 1.54) is 70.9 Å². The lowest BCUT2D eigenvalue weighted by molar-refractivity contribution is 1.17. The van der Waals surface area contributed by atoms with E-state index in [4.69, 9.17) is 0 Å². The minimum atomic E-state index is 1.14. The Bertz CT molecular complexity index is 2340. The summed E-state index contributed by atoms with van der Waals surface area (Å²) in [7, 11) is 0. The number of hydrogen-bond acceptors (Lipinski definition) is 3. The number of rotatable bonds is 4. The summed E-state index contributed by atoms with van der Waals surface area (Å²) >= 11 is 1.84. The van der Waals surface area contributed by atoms with Gasteiger partial charge in [-0.15, -0.1) is 0 Å². The highest BCUT2D eigenvalue weighted by atomic mass is 32.2. The second-order valence-electron chi connectivity index (χ2n) is 11.3. The molecule has 3 nitrogen and oxygen atoms in total. The zero-order chi connectivity index (χ0) is 29.7.